The van der Waals surface area contributed by atoms with Gasteiger partial charge in [-0.05, 0) is 175 Å². The molecule has 4 aliphatic rings. The van der Waals surface area contributed by atoms with E-state index in [1.165, 1.54) is 22.3 Å². The number of carbonyl (C=O) groups excluding carboxylic acids is 8. The molecule has 2 fully saturated rings. The molecular weight excluding hydrogens is 1080 g/mol. The molecule has 0 saturated carbocycles. The van der Waals surface area contributed by atoms with Crippen LogP contribution in [0.4, 0.5) is 11.4 Å². The summed E-state index contributed by atoms with van der Waals surface area (Å²) in [7, 11) is 3.30. The number of nitrogens with one attached hydrogen (secondary N) is 6. The van der Waals surface area contributed by atoms with Crippen molar-refractivity contribution in [3.63, 3.8) is 0 Å². The molecule has 8 rings (SSSR count). The van der Waals surface area contributed by atoms with Gasteiger partial charge in [-0.25, -0.2) is 0 Å². The number of fused-ring (bicyclic) bond motifs is 2. The number of likely N-dealkylation sites (tertiary alicyclic amines) is 2. The van der Waals surface area contributed by atoms with Crippen LogP contribution in [-0.4, -0.2) is 120 Å². The van der Waals surface area contributed by atoms with Crippen molar-refractivity contribution < 1.29 is 38.4 Å². The van der Waals surface area contributed by atoms with Gasteiger partial charge in [-0.1, -0.05) is 72.5 Å². The molecule has 16 nitrogen and oxygen atoms in total. The quantitative estimate of drug-likeness (QED) is 0.0422. The maximum atomic E-state index is 14.3. The van der Waals surface area contributed by atoms with Gasteiger partial charge in [-0.2, -0.15) is 0 Å². The minimum atomic E-state index is -1.02. The minimum Gasteiger partial charge on any atom is -0.343 e. The molecular formula is C64H80Cl2N8O8. The third-order valence-electron chi connectivity index (χ3n) is 16.5. The van der Waals surface area contributed by atoms with Gasteiger partial charge in [0.05, 0.1) is 24.2 Å². The molecule has 18 heteroatoms. The lowest BCUT2D eigenvalue weighted by Crippen LogP contribution is -2.54. The van der Waals surface area contributed by atoms with Crippen molar-refractivity contribution in [1.82, 2.24) is 31.1 Å². The predicted molar refractivity (Wildman–Crippen MR) is 323 cm³/mol. The molecule has 0 unspecified atom stereocenters. The molecule has 4 aromatic rings. The Morgan fingerprint density at radius 3 is 1.33 bits per heavy atom. The number of hydrogen-bond acceptors (Lipinski definition) is 10. The van der Waals surface area contributed by atoms with Gasteiger partial charge in [0.15, 0.2) is 11.6 Å². The van der Waals surface area contributed by atoms with E-state index in [0.717, 1.165) is 38.5 Å². The number of rotatable bonds is 22. The summed E-state index contributed by atoms with van der Waals surface area (Å²) < 4.78 is 0. The van der Waals surface area contributed by atoms with E-state index in [-0.39, 0.29) is 109 Å². The van der Waals surface area contributed by atoms with Crippen molar-refractivity contribution in [3.05, 3.63) is 130 Å². The van der Waals surface area contributed by atoms with Gasteiger partial charge >= 0.3 is 0 Å². The van der Waals surface area contributed by atoms with Gasteiger partial charge in [0.25, 0.3) is 0 Å². The number of nitrogens with zero attached hydrogens (tertiary/aromatic N) is 2. The smallest absolute Gasteiger partial charge is 0.245 e. The molecule has 2 aliphatic carbocycles. The first-order valence-corrected chi connectivity index (χ1v) is 28.8. The average Bonchev–Trinajstić information content (AvgIpc) is 4.28. The van der Waals surface area contributed by atoms with Crippen LogP contribution in [-0.2, 0) is 51.2 Å². The lowest BCUT2D eigenvalue weighted by molar-refractivity contribution is -0.141. The van der Waals surface area contributed by atoms with E-state index in [0.29, 0.717) is 74.1 Å². The van der Waals surface area contributed by atoms with Crippen LogP contribution in [0.2, 0.25) is 0 Å². The number of benzene rings is 4. The zero-order chi connectivity index (χ0) is 56.7. The monoisotopic (exact) mass is 1160 g/mol. The van der Waals surface area contributed by atoms with Gasteiger partial charge < -0.3 is 41.7 Å². The average molecular weight is 1160 g/mol. The zero-order valence-corrected chi connectivity index (χ0v) is 49.2. The fourth-order valence-electron chi connectivity index (χ4n) is 11.9. The number of aryl methyl sites for hydroxylation is 2. The molecule has 82 heavy (non-hydrogen) atoms. The first-order chi connectivity index (χ1) is 38.7. The van der Waals surface area contributed by atoms with Crippen molar-refractivity contribution >= 4 is 83.2 Å². The second kappa shape index (κ2) is 31.0. The molecule has 4 aromatic carbocycles. The largest absolute Gasteiger partial charge is 0.343 e. The lowest BCUT2D eigenvalue weighted by atomic mass is 9.79. The maximum absolute atomic E-state index is 14.3. The molecule has 6 amide bonds. The molecule has 2 saturated heterocycles. The summed E-state index contributed by atoms with van der Waals surface area (Å²) in [5.74, 6) is 4.28. The number of likely N-dealkylation sites (N-methyl/N-ethyl adjacent to an activating group) is 2. The number of carbonyl (C=O) groups is 8. The van der Waals surface area contributed by atoms with Gasteiger partial charge in [0, 0.05) is 61.3 Å². The van der Waals surface area contributed by atoms with Gasteiger partial charge in [0.1, 0.15) is 12.1 Å². The van der Waals surface area contributed by atoms with Crippen LogP contribution in [0.15, 0.2) is 97.1 Å². The zero-order valence-electron chi connectivity index (χ0n) is 47.6. The Morgan fingerprint density at radius 1 is 0.524 bits per heavy atom. The Kier molecular flexibility index (Phi) is 24.3. The van der Waals surface area contributed by atoms with Crippen molar-refractivity contribution in [3.8, 4) is 11.8 Å². The molecule has 0 aromatic heterocycles. The fourth-order valence-corrected chi connectivity index (χ4v) is 11.9. The van der Waals surface area contributed by atoms with Crippen LogP contribution < -0.4 is 31.9 Å². The summed E-state index contributed by atoms with van der Waals surface area (Å²) in [5, 5.41) is 17.3. The van der Waals surface area contributed by atoms with Crippen LogP contribution in [0.5, 0.6) is 0 Å². The molecule has 2 aliphatic heterocycles. The van der Waals surface area contributed by atoms with Crippen LogP contribution in [0.3, 0.4) is 0 Å². The molecule has 6 N–H and O–H groups in total. The van der Waals surface area contributed by atoms with Crippen LogP contribution in [0.1, 0.15) is 149 Å². The van der Waals surface area contributed by atoms with Crippen LogP contribution >= 0.6 is 24.8 Å². The van der Waals surface area contributed by atoms with Crippen molar-refractivity contribution in [2.75, 3.05) is 37.8 Å². The van der Waals surface area contributed by atoms with Crippen LogP contribution in [0.25, 0.3) is 0 Å². The van der Waals surface area contributed by atoms with E-state index in [1.54, 1.807) is 86.3 Å². The highest BCUT2D eigenvalue weighted by atomic mass is 35.5. The van der Waals surface area contributed by atoms with Crippen molar-refractivity contribution in [1.29, 1.82) is 0 Å². The topological polar surface area (TPSA) is 215 Å². The maximum Gasteiger partial charge on any atom is 0.245 e. The molecule has 438 valence electrons. The summed E-state index contributed by atoms with van der Waals surface area (Å²) >= 11 is 0. The first-order valence-electron chi connectivity index (χ1n) is 28.8. The van der Waals surface area contributed by atoms with Crippen LogP contribution in [0, 0.1) is 11.8 Å². The first kappa shape index (κ1) is 64.3. The summed E-state index contributed by atoms with van der Waals surface area (Å²) in [6.45, 7) is 4.17. The Bertz CT molecular complexity index is 2800. The number of Topliss-reactive ketones (excluding diaryl/α,β-unsaturated/α-hetero) is 2. The van der Waals surface area contributed by atoms with Crippen molar-refractivity contribution in [2.45, 2.75) is 165 Å². The highest BCUT2D eigenvalue weighted by Crippen LogP contribution is 2.37. The SMILES string of the molecule is CN[C@@H](C)C(=O)N[C@@H](CCC(=O)Nc1cccc(C#Cc2cccc(NC(=O)CC[C@H](NC(=O)[C@H](C)NC)C(=O)N3CCC[C@H]3C(=O)C[C@@H]3CCCc4ccccc43)c2)c1)C(=O)N1CCC[C@H]1C(=O)C[C@@H]1CCCc2ccccc21.Cl.Cl. The molecule has 8 atom stereocenters. The number of halogens is 2. The second-order valence-electron chi connectivity index (χ2n) is 22.0. The molecule has 0 radical (unpaired) electrons. The fraction of sp³-hybridized carbons (Fsp3) is 0.469. The Balaban J connectivity index is 0.00000541. The highest BCUT2D eigenvalue weighted by molar-refractivity contribution is 5.97. The van der Waals surface area contributed by atoms with Gasteiger partial charge in [-0.15, -0.1) is 24.8 Å². The number of amides is 6. The predicted octanol–water partition coefficient (Wildman–Crippen LogP) is 7.69. The molecule has 0 bridgehead atoms. The third-order valence-corrected chi connectivity index (χ3v) is 16.5. The normalized spacial score (nSPS) is 19.4. The number of hydrogen-bond donors (Lipinski definition) is 6. The molecule has 2 heterocycles. The Hall–Kier alpha value is -6.90. The second-order valence-corrected chi connectivity index (χ2v) is 22.0. The summed E-state index contributed by atoms with van der Waals surface area (Å²) in [6, 6.07) is 26.2. The van der Waals surface area contributed by atoms with Gasteiger partial charge in [-0.3, -0.25) is 38.4 Å². The number of anilines is 2. The van der Waals surface area contributed by atoms with Crippen molar-refractivity contribution in [2.24, 2.45) is 0 Å². The van der Waals surface area contributed by atoms with E-state index in [9.17, 15) is 38.4 Å². The number of ketones is 2. The van der Waals surface area contributed by atoms with E-state index in [2.05, 4.69) is 68.0 Å². The lowest BCUT2D eigenvalue weighted by Gasteiger charge is -2.31. The third kappa shape index (κ3) is 16.9. The summed E-state index contributed by atoms with van der Waals surface area (Å²) in [6.07, 6.45) is 8.91. The summed E-state index contributed by atoms with van der Waals surface area (Å²) in [4.78, 5) is 113. The van der Waals surface area contributed by atoms with E-state index in [1.807, 2.05) is 24.3 Å². The minimum absolute atomic E-state index is 0. The highest BCUT2D eigenvalue weighted by Gasteiger charge is 2.41. The van der Waals surface area contributed by atoms with E-state index >= 15 is 0 Å². The Morgan fingerprint density at radius 2 is 0.927 bits per heavy atom. The standard InChI is InChI=1S/C64H78N8O8.2ClH/c1-41(65-3)61(77)69-53(63(79)71-35-13-27-55(71)57(73)39-47-21-11-19-45-17-5-7-25-51(45)47)31-33-59(75)67-49-23-9-15-43(37-49)29-30-44-16-10-24-50(38-44)68-60(76)34-32-54(70-62(78)42(2)66-4)64(80)72-36-14-28-56(72)58(74)40-48-22-12-20-46-18-6-8-26-52(46)48;;/h5-10,15-18,23-26,37-38,41-42,47-48,53-56,65-66H,11-14,19-22,27-28,31-36,39-40H2,1-4H3,(H,67,75)(H,68,76)(H,69,77)(H,70,78);2*1H/t41-,42-,47-,48-,53-,54-,55-,56-;;/m0../s1. The summed E-state index contributed by atoms with van der Waals surface area (Å²) in [5.41, 5.74) is 7.16. The van der Waals surface area contributed by atoms with Gasteiger partial charge in [0.2, 0.25) is 35.4 Å². The molecule has 0 spiro atoms. The van der Waals surface area contributed by atoms with E-state index < -0.39 is 36.3 Å². The van der Waals surface area contributed by atoms with E-state index in [4.69, 9.17) is 0 Å². The Labute approximate surface area is 495 Å².